The lowest BCUT2D eigenvalue weighted by Crippen LogP contribution is -2.39. The summed E-state index contributed by atoms with van der Waals surface area (Å²) in [5.41, 5.74) is 0.0665. The van der Waals surface area contributed by atoms with Gasteiger partial charge in [-0.05, 0) is 43.7 Å². The number of ether oxygens (including phenoxy) is 1. The number of carbonyl (C=O) groups excluding carboxylic acids is 2. The van der Waals surface area contributed by atoms with Gasteiger partial charge in [-0.1, -0.05) is 19.1 Å². The summed E-state index contributed by atoms with van der Waals surface area (Å²) in [6, 6.07) is 6.28. The summed E-state index contributed by atoms with van der Waals surface area (Å²) in [6.45, 7) is 1.89. The molecule has 0 aromatic heterocycles. The third kappa shape index (κ3) is 4.48. The minimum absolute atomic E-state index is 0.0665. The van der Waals surface area contributed by atoms with Gasteiger partial charge >= 0.3 is 5.97 Å². The Kier molecular flexibility index (Phi) is 5.20. The Bertz CT molecular complexity index is 507. The van der Waals surface area contributed by atoms with Gasteiger partial charge in [-0.15, -0.1) is 0 Å². The number of amides is 1. The quantitative estimate of drug-likeness (QED) is 0.834. The van der Waals surface area contributed by atoms with Crippen LogP contribution in [0.15, 0.2) is 24.3 Å². The molecule has 0 unspecified atom stereocenters. The Morgan fingerprint density at radius 3 is 2.57 bits per heavy atom. The number of benzene rings is 1. The number of esters is 1. The van der Waals surface area contributed by atoms with E-state index in [2.05, 4.69) is 12.2 Å². The van der Waals surface area contributed by atoms with Crippen molar-refractivity contribution in [1.82, 2.24) is 5.32 Å². The van der Waals surface area contributed by atoms with Gasteiger partial charge in [0.1, 0.15) is 11.3 Å². The zero-order chi connectivity index (χ0) is 15.2. The number of nitrogens with one attached hydrogen (secondary N) is 1. The van der Waals surface area contributed by atoms with Crippen LogP contribution in [-0.2, 0) is 9.53 Å². The van der Waals surface area contributed by atoms with Gasteiger partial charge in [0.15, 0.2) is 6.61 Å². The van der Waals surface area contributed by atoms with E-state index < -0.39 is 5.97 Å². The van der Waals surface area contributed by atoms with Gasteiger partial charge in [0, 0.05) is 6.04 Å². The van der Waals surface area contributed by atoms with E-state index in [1.807, 2.05) is 0 Å². The summed E-state index contributed by atoms with van der Waals surface area (Å²) in [7, 11) is 0. The molecule has 0 aliphatic heterocycles. The van der Waals surface area contributed by atoms with Crippen LogP contribution in [0.5, 0.6) is 5.75 Å². The first-order valence-electron chi connectivity index (χ1n) is 7.30. The van der Waals surface area contributed by atoms with Crippen molar-refractivity contribution < 1.29 is 19.4 Å². The van der Waals surface area contributed by atoms with E-state index in [9.17, 15) is 14.7 Å². The lowest BCUT2D eigenvalue weighted by Gasteiger charge is -2.26. The Labute approximate surface area is 124 Å². The average molecular weight is 291 g/mol. The van der Waals surface area contributed by atoms with E-state index in [-0.39, 0.29) is 29.9 Å². The second kappa shape index (κ2) is 7.11. The number of hydrogen-bond acceptors (Lipinski definition) is 4. The van der Waals surface area contributed by atoms with Crippen molar-refractivity contribution in [1.29, 1.82) is 0 Å². The Morgan fingerprint density at radius 1 is 1.24 bits per heavy atom. The maximum Gasteiger partial charge on any atom is 0.342 e. The van der Waals surface area contributed by atoms with Gasteiger partial charge in [0.05, 0.1) is 0 Å². The van der Waals surface area contributed by atoms with Gasteiger partial charge in [-0.2, -0.15) is 0 Å². The lowest BCUT2D eigenvalue weighted by molar-refractivity contribution is -0.125. The van der Waals surface area contributed by atoms with Crippen molar-refractivity contribution in [3.05, 3.63) is 29.8 Å². The first-order valence-corrected chi connectivity index (χ1v) is 7.30. The number of rotatable bonds is 4. The lowest BCUT2D eigenvalue weighted by atomic mass is 9.87. The van der Waals surface area contributed by atoms with Crippen LogP contribution in [-0.4, -0.2) is 29.6 Å². The van der Waals surface area contributed by atoms with Gasteiger partial charge in [-0.3, -0.25) is 4.79 Å². The van der Waals surface area contributed by atoms with E-state index >= 15 is 0 Å². The second-order valence-corrected chi connectivity index (χ2v) is 5.62. The molecule has 0 bridgehead atoms. The molecule has 5 heteroatoms. The molecule has 1 aliphatic carbocycles. The zero-order valence-corrected chi connectivity index (χ0v) is 12.2. The number of phenols is 1. The SMILES string of the molecule is CC1CCC(NC(=O)COC(=O)c2ccccc2O)CC1. The third-order valence-corrected chi connectivity index (χ3v) is 3.84. The molecule has 1 aromatic carbocycles. The van der Waals surface area contributed by atoms with Crippen molar-refractivity contribution in [3.63, 3.8) is 0 Å². The van der Waals surface area contributed by atoms with Gasteiger partial charge in [-0.25, -0.2) is 4.79 Å². The highest BCUT2D eigenvalue weighted by Gasteiger charge is 2.20. The van der Waals surface area contributed by atoms with E-state index in [4.69, 9.17) is 4.74 Å². The average Bonchev–Trinajstić information content (AvgIpc) is 2.48. The monoisotopic (exact) mass is 291 g/mol. The predicted octanol–water partition coefficient (Wildman–Crippen LogP) is 2.24. The first kappa shape index (κ1) is 15.4. The molecule has 0 radical (unpaired) electrons. The fourth-order valence-electron chi connectivity index (χ4n) is 2.53. The van der Waals surface area contributed by atoms with E-state index in [0.29, 0.717) is 0 Å². The molecule has 1 saturated carbocycles. The minimum atomic E-state index is -0.694. The molecule has 5 nitrogen and oxygen atoms in total. The molecule has 0 atom stereocenters. The molecule has 0 spiro atoms. The molecule has 2 N–H and O–H groups in total. The number of para-hydroxylation sites is 1. The number of phenolic OH excluding ortho intramolecular Hbond substituents is 1. The molecule has 114 valence electrons. The van der Waals surface area contributed by atoms with Crippen LogP contribution in [0.3, 0.4) is 0 Å². The van der Waals surface area contributed by atoms with Crippen LogP contribution in [0.25, 0.3) is 0 Å². The Hall–Kier alpha value is -2.04. The molecule has 0 saturated heterocycles. The highest BCUT2D eigenvalue weighted by molar-refractivity contribution is 5.93. The van der Waals surface area contributed by atoms with Crippen molar-refractivity contribution >= 4 is 11.9 Å². The largest absolute Gasteiger partial charge is 0.507 e. The molecule has 1 aliphatic rings. The maximum absolute atomic E-state index is 11.8. The van der Waals surface area contributed by atoms with Crippen molar-refractivity contribution in [3.8, 4) is 5.75 Å². The summed E-state index contributed by atoms with van der Waals surface area (Å²) in [5.74, 6) is -0.417. The molecule has 1 fully saturated rings. The number of aromatic hydroxyl groups is 1. The molecular weight excluding hydrogens is 270 g/mol. The normalized spacial score (nSPS) is 21.6. The molecule has 1 aromatic rings. The smallest absolute Gasteiger partial charge is 0.342 e. The number of hydrogen-bond donors (Lipinski definition) is 2. The highest BCUT2D eigenvalue weighted by atomic mass is 16.5. The van der Waals surface area contributed by atoms with Crippen LogP contribution in [0.1, 0.15) is 43.0 Å². The minimum Gasteiger partial charge on any atom is -0.507 e. The predicted molar refractivity (Wildman–Crippen MR) is 78.0 cm³/mol. The molecule has 2 rings (SSSR count). The molecular formula is C16H21NO4. The van der Waals surface area contributed by atoms with Gasteiger partial charge < -0.3 is 15.2 Å². The second-order valence-electron chi connectivity index (χ2n) is 5.62. The van der Waals surface area contributed by atoms with Gasteiger partial charge in [0.2, 0.25) is 0 Å². The van der Waals surface area contributed by atoms with Crippen molar-refractivity contribution in [2.45, 2.75) is 38.6 Å². The summed E-state index contributed by atoms with van der Waals surface area (Å²) >= 11 is 0. The molecule has 0 heterocycles. The van der Waals surface area contributed by atoms with E-state index in [0.717, 1.165) is 31.6 Å². The Morgan fingerprint density at radius 2 is 1.90 bits per heavy atom. The summed E-state index contributed by atoms with van der Waals surface area (Å²) in [5, 5.41) is 12.4. The Balaban J connectivity index is 1.76. The van der Waals surface area contributed by atoms with Crippen LogP contribution in [0.2, 0.25) is 0 Å². The highest BCUT2D eigenvalue weighted by Crippen LogP contribution is 2.23. The van der Waals surface area contributed by atoms with E-state index in [1.54, 1.807) is 12.1 Å². The topological polar surface area (TPSA) is 75.6 Å². The first-order chi connectivity index (χ1) is 10.1. The third-order valence-electron chi connectivity index (χ3n) is 3.84. The number of carbonyl (C=O) groups is 2. The zero-order valence-electron chi connectivity index (χ0n) is 12.2. The standard InChI is InChI=1S/C16H21NO4/c1-11-6-8-12(9-7-11)17-15(19)10-21-16(20)13-4-2-3-5-14(13)18/h2-5,11-12,18H,6-10H2,1H3,(H,17,19). The van der Waals surface area contributed by atoms with Crippen LogP contribution < -0.4 is 5.32 Å². The summed E-state index contributed by atoms with van der Waals surface area (Å²) < 4.78 is 4.92. The van der Waals surface area contributed by atoms with Crippen molar-refractivity contribution in [2.24, 2.45) is 5.92 Å². The van der Waals surface area contributed by atoms with Crippen LogP contribution in [0.4, 0.5) is 0 Å². The molecule has 1 amide bonds. The summed E-state index contributed by atoms with van der Waals surface area (Å²) in [6.07, 6.45) is 4.17. The van der Waals surface area contributed by atoms with Crippen LogP contribution >= 0.6 is 0 Å². The van der Waals surface area contributed by atoms with Crippen LogP contribution in [0, 0.1) is 5.92 Å². The van der Waals surface area contributed by atoms with E-state index in [1.165, 1.54) is 12.1 Å². The summed E-state index contributed by atoms with van der Waals surface area (Å²) in [4.78, 5) is 23.5. The fourth-order valence-corrected chi connectivity index (χ4v) is 2.53. The fraction of sp³-hybridized carbons (Fsp3) is 0.500. The van der Waals surface area contributed by atoms with Crippen molar-refractivity contribution in [2.75, 3.05) is 6.61 Å². The van der Waals surface area contributed by atoms with Gasteiger partial charge in [0.25, 0.3) is 5.91 Å². The molecule has 21 heavy (non-hydrogen) atoms. The maximum atomic E-state index is 11.8.